The quantitative estimate of drug-likeness (QED) is 0.729. The summed E-state index contributed by atoms with van der Waals surface area (Å²) < 4.78 is 0.981. The molecule has 0 saturated heterocycles. The van der Waals surface area contributed by atoms with Crippen molar-refractivity contribution >= 4 is 27.6 Å². The number of benzene rings is 2. The first-order chi connectivity index (χ1) is 10.6. The summed E-state index contributed by atoms with van der Waals surface area (Å²) in [7, 11) is 1.76. The first-order valence-electron chi connectivity index (χ1n) is 7.13. The zero-order valence-corrected chi connectivity index (χ0v) is 14.0. The Kier molecular flexibility index (Phi) is 5.90. The van der Waals surface area contributed by atoms with E-state index in [-0.39, 0.29) is 24.5 Å². The van der Waals surface area contributed by atoms with Crippen molar-refractivity contribution in [3.8, 4) is 0 Å². The van der Waals surface area contributed by atoms with Crippen molar-refractivity contribution in [1.29, 1.82) is 0 Å². The molecule has 0 N–H and O–H groups in total. The van der Waals surface area contributed by atoms with Crippen molar-refractivity contribution in [1.82, 2.24) is 4.90 Å². The zero-order valence-electron chi connectivity index (χ0n) is 12.5. The number of halogens is 1. The lowest BCUT2D eigenvalue weighted by atomic mass is 10.1. The third-order valence-corrected chi connectivity index (χ3v) is 4.23. The van der Waals surface area contributed by atoms with Crippen LogP contribution in [0.2, 0.25) is 0 Å². The Labute approximate surface area is 139 Å². The van der Waals surface area contributed by atoms with E-state index in [2.05, 4.69) is 15.9 Å². The summed E-state index contributed by atoms with van der Waals surface area (Å²) in [5, 5.41) is 0. The summed E-state index contributed by atoms with van der Waals surface area (Å²) in [6.45, 7) is 0.528. The van der Waals surface area contributed by atoms with Crippen molar-refractivity contribution in [3.05, 3.63) is 70.2 Å². The van der Waals surface area contributed by atoms with E-state index in [0.29, 0.717) is 12.1 Å². The van der Waals surface area contributed by atoms with Gasteiger partial charge in [0, 0.05) is 36.5 Å². The van der Waals surface area contributed by atoms with Gasteiger partial charge in [-0.25, -0.2) is 0 Å². The summed E-state index contributed by atoms with van der Waals surface area (Å²) >= 11 is 3.47. The lowest BCUT2D eigenvalue weighted by Gasteiger charge is -2.18. The topological polar surface area (TPSA) is 37.4 Å². The van der Waals surface area contributed by atoms with Crippen LogP contribution in [0.15, 0.2) is 59.1 Å². The fraction of sp³-hybridized carbons (Fsp3) is 0.222. The number of hydrogen-bond acceptors (Lipinski definition) is 2. The van der Waals surface area contributed by atoms with E-state index in [1.54, 1.807) is 24.1 Å². The fourth-order valence-electron chi connectivity index (χ4n) is 2.15. The molecular formula is C18H18BrNO2. The Morgan fingerprint density at radius 2 is 1.59 bits per heavy atom. The Morgan fingerprint density at radius 1 is 0.955 bits per heavy atom. The molecule has 0 unspecified atom stereocenters. The van der Waals surface area contributed by atoms with Crippen LogP contribution in [-0.2, 0) is 11.3 Å². The second-order valence-corrected chi connectivity index (χ2v) is 5.98. The Bertz CT molecular complexity index is 655. The number of rotatable bonds is 6. The van der Waals surface area contributed by atoms with Crippen molar-refractivity contribution in [2.75, 3.05) is 7.05 Å². The van der Waals surface area contributed by atoms with Gasteiger partial charge in [0.1, 0.15) is 0 Å². The Balaban J connectivity index is 1.87. The highest BCUT2D eigenvalue weighted by Crippen LogP contribution is 2.17. The molecule has 0 aliphatic heterocycles. The van der Waals surface area contributed by atoms with Crippen LogP contribution >= 0.6 is 15.9 Å². The maximum absolute atomic E-state index is 12.2. The van der Waals surface area contributed by atoms with E-state index in [0.717, 1.165) is 10.0 Å². The number of carbonyl (C=O) groups is 2. The molecule has 0 aliphatic carbocycles. The van der Waals surface area contributed by atoms with E-state index in [4.69, 9.17) is 0 Å². The van der Waals surface area contributed by atoms with E-state index < -0.39 is 0 Å². The largest absolute Gasteiger partial charge is 0.341 e. The van der Waals surface area contributed by atoms with Gasteiger partial charge in [0.25, 0.3) is 0 Å². The number of hydrogen-bond donors (Lipinski definition) is 0. The highest BCUT2D eigenvalue weighted by molar-refractivity contribution is 9.10. The Morgan fingerprint density at radius 3 is 2.27 bits per heavy atom. The van der Waals surface area contributed by atoms with Crippen molar-refractivity contribution < 1.29 is 9.59 Å². The van der Waals surface area contributed by atoms with Gasteiger partial charge in [-0.05, 0) is 11.6 Å². The minimum Gasteiger partial charge on any atom is -0.341 e. The first-order valence-corrected chi connectivity index (χ1v) is 7.93. The fourth-order valence-corrected chi connectivity index (χ4v) is 2.56. The van der Waals surface area contributed by atoms with Crippen LogP contribution in [0.3, 0.4) is 0 Å². The van der Waals surface area contributed by atoms with Gasteiger partial charge in [0.05, 0.1) is 0 Å². The van der Waals surface area contributed by atoms with Gasteiger partial charge in [-0.2, -0.15) is 0 Å². The highest BCUT2D eigenvalue weighted by atomic mass is 79.9. The van der Waals surface area contributed by atoms with Gasteiger partial charge in [0.2, 0.25) is 5.91 Å². The normalized spacial score (nSPS) is 10.3. The maximum atomic E-state index is 12.2. The number of Topliss-reactive ketones (excluding diaryl/α,β-unsaturated/α-hetero) is 1. The van der Waals surface area contributed by atoms with E-state index in [9.17, 15) is 9.59 Å². The molecule has 0 fully saturated rings. The average Bonchev–Trinajstić information content (AvgIpc) is 2.55. The summed E-state index contributed by atoms with van der Waals surface area (Å²) in [4.78, 5) is 25.8. The first kappa shape index (κ1) is 16.4. The molecule has 3 nitrogen and oxygen atoms in total. The molecule has 0 radical (unpaired) electrons. The second-order valence-electron chi connectivity index (χ2n) is 5.13. The SMILES string of the molecule is CN(Cc1ccccc1Br)C(=O)CCC(=O)c1ccccc1. The van der Waals surface area contributed by atoms with E-state index in [1.165, 1.54) is 0 Å². The van der Waals surface area contributed by atoms with Gasteiger partial charge < -0.3 is 4.90 Å². The maximum Gasteiger partial charge on any atom is 0.223 e. The van der Waals surface area contributed by atoms with Gasteiger partial charge in [-0.15, -0.1) is 0 Å². The Hall–Kier alpha value is -1.94. The third-order valence-electron chi connectivity index (χ3n) is 3.45. The standard InChI is InChI=1S/C18H18BrNO2/c1-20(13-15-9-5-6-10-16(15)19)18(22)12-11-17(21)14-7-3-2-4-8-14/h2-10H,11-13H2,1H3. The van der Waals surface area contributed by atoms with Crippen LogP contribution in [0, 0.1) is 0 Å². The molecule has 0 aromatic heterocycles. The van der Waals surface area contributed by atoms with Crippen molar-refractivity contribution in [2.24, 2.45) is 0 Å². The lowest BCUT2D eigenvalue weighted by molar-refractivity contribution is -0.130. The van der Waals surface area contributed by atoms with Crippen LogP contribution in [0.25, 0.3) is 0 Å². The van der Waals surface area contributed by atoms with E-state index >= 15 is 0 Å². The number of ketones is 1. The van der Waals surface area contributed by atoms with Crippen molar-refractivity contribution in [3.63, 3.8) is 0 Å². The molecule has 0 heterocycles. The zero-order chi connectivity index (χ0) is 15.9. The summed E-state index contributed by atoms with van der Waals surface area (Å²) in [5.74, 6) is -0.0247. The molecule has 0 saturated carbocycles. The summed E-state index contributed by atoms with van der Waals surface area (Å²) in [5.41, 5.74) is 1.71. The molecule has 0 spiro atoms. The van der Waals surface area contributed by atoms with Crippen LogP contribution in [-0.4, -0.2) is 23.6 Å². The van der Waals surface area contributed by atoms with Gasteiger partial charge in [-0.3, -0.25) is 9.59 Å². The monoisotopic (exact) mass is 359 g/mol. The average molecular weight is 360 g/mol. The number of amides is 1. The van der Waals surface area contributed by atoms with Crippen molar-refractivity contribution in [2.45, 2.75) is 19.4 Å². The molecule has 114 valence electrons. The highest BCUT2D eigenvalue weighted by Gasteiger charge is 2.13. The molecule has 22 heavy (non-hydrogen) atoms. The van der Waals surface area contributed by atoms with Crippen LogP contribution in [0.1, 0.15) is 28.8 Å². The van der Waals surface area contributed by atoms with E-state index in [1.807, 2.05) is 42.5 Å². The third kappa shape index (κ3) is 4.53. The smallest absolute Gasteiger partial charge is 0.223 e. The predicted molar refractivity (Wildman–Crippen MR) is 90.6 cm³/mol. The molecular weight excluding hydrogens is 342 g/mol. The molecule has 4 heteroatoms. The summed E-state index contributed by atoms with van der Waals surface area (Å²) in [6, 6.07) is 16.9. The molecule has 0 atom stereocenters. The number of nitrogens with zero attached hydrogens (tertiary/aromatic N) is 1. The van der Waals surface area contributed by atoms with Gasteiger partial charge >= 0.3 is 0 Å². The molecule has 2 aromatic carbocycles. The van der Waals surface area contributed by atoms with Crippen LogP contribution < -0.4 is 0 Å². The molecule has 0 aliphatic rings. The minimum atomic E-state index is -0.0277. The predicted octanol–water partition coefficient (Wildman–Crippen LogP) is 4.07. The van der Waals surface area contributed by atoms with Crippen LogP contribution in [0.4, 0.5) is 0 Å². The van der Waals surface area contributed by atoms with Gasteiger partial charge in [-0.1, -0.05) is 64.5 Å². The molecule has 0 bridgehead atoms. The second kappa shape index (κ2) is 7.90. The number of carbonyl (C=O) groups excluding carboxylic acids is 2. The summed E-state index contributed by atoms with van der Waals surface area (Å²) in [6.07, 6.45) is 0.470. The molecule has 2 aromatic rings. The lowest BCUT2D eigenvalue weighted by Crippen LogP contribution is -2.26. The van der Waals surface area contributed by atoms with Gasteiger partial charge in [0.15, 0.2) is 5.78 Å². The van der Waals surface area contributed by atoms with Crippen LogP contribution in [0.5, 0.6) is 0 Å². The minimum absolute atomic E-state index is 0.00300. The molecule has 1 amide bonds. The molecule has 2 rings (SSSR count).